The summed E-state index contributed by atoms with van der Waals surface area (Å²) in [5.41, 5.74) is 0. The van der Waals surface area contributed by atoms with Crippen molar-refractivity contribution in [3.63, 3.8) is 0 Å². The van der Waals surface area contributed by atoms with Gasteiger partial charge in [0.2, 0.25) is 5.89 Å². The van der Waals surface area contributed by atoms with Gasteiger partial charge in [-0.3, -0.25) is 0 Å². The molecule has 1 saturated heterocycles. The minimum absolute atomic E-state index is 0.146. The van der Waals surface area contributed by atoms with E-state index in [0.717, 1.165) is 0 Å². The molecule has 2 heterocycles. The van der Waals surface area contributed by atoms with Crippen LogP contribution in [0.3, 0.4) is 0 Å². The van der Waals surface area contributed by atoms with E-state index in [-0.39, 0.29) is 12.0 Å². The van der Waals surface area contributed by atoms with Crippen LogP contribution in [0, 0.1) is 0 Å². The van der Waals surface area contributed by atoms with Crippen molar-refractivity contribution in [1.29, 1.82) is 0 Å². The van der Waals surface area contributed by atoms with E-state index < -0.39 is 0 Å². The summed E-state index contributed by atoms with van der Waals surface area (Å²) in [5, 5.41) is 7.05. The second kappa shape index (κ2) is 5.38. The summed E-state index contributed by atoms with van der Waals surface area (Å²) in [4.78, 5) is 4.31. The molecule has 1 N–H and O–H groups in total. The van der Waals surface area contributed by atoms with E-state index in [4.69, 9.17) is 14.0 Å². The number of hydrogen-bond acceptors (Lipinski definition) is 6. The Hall–Kier alpha value is -0.980. The highest BCUT2D eigenvalue weighted by atomic mass is 16.5. The van der Waals surface area contributed by atoms with Crippen molar-refractivity contribution in [2.24, 2.45) is 0 Å². The molecule has 0 aromatic carbocycles. The Morgan fingerprint density at radius 3 is 3.12 bits per heavy atom. The molecule has 2 rings (SSSR count). The molecule has 0 spiro atoms. The average molecular weight is 227 g/mol. The number of hydrogen-bond donors (Lipinski definition) is 1. The van der Waals surface area contributed by atoms with Gasteiger partial charge in [0.25, 0.3) is 0 Å². The molecule has 1 aliphatic heterocycles. The van der Waals surface area contributed by atoms with Crippen LogP contribution in [-0.4, -0.2) is 43.1 Å². The van der Waals surface area contributed by atoms with Crippen LogP contribution in [0.15, 0.2) is 4.52 Å². The lowest BCUT2D eigenvalue weighted by Gasteiger charge is -2.11. The molecular formula is C10H17N3O3. The third-order valence-electron chi connectivity index (χ3n) is 2.69. The zero-order valence-electron chi connectivity index (χ0n) is 9.60. The third kappa shape index (κ3) is 2.40. The zero-order valence-corrected chi connectivity index (χ0v) is 9.60. The monoisotopic (exact) mass is 227 g/mol. The van der Waals surface area contributed by atoms with E-state index in [1.165, 1.54) is 0 Å². The molecule has 6 heteroatoms. The first-order chi connectivity index (χ1) is 7.85. The fraction of sp³-hybridized carbons (Fsp3) is 0.800. The Kier molecular flexibility index (Phi) is 3.87. The topological polar surface area (TPSA) is 69.4 Å². The number of rotatable bonds is 5. The molecule has 16 heavy (non-hydrogen) atoms. The Bertz CT molecular complexity index is 329. The summed E-state index contributed by atoms with van der Waals surface area (Å²) in [5.74, 6) is 1.37. The van der Waals surface area contributed by atoms with Crippen LogP contribution < -0.4 is 5.32 Å². The van der Waals surface area contributed by atoms with Gasteiger partial charge in [0.05, 0.1) is 19.1 Å². The first-order valence-corrected chi connectivity index (χ1v) is 5.50. The summed E-state index contributed by atoms with van der Waals surface area (Å²) < 4.78 is 15.8. The van der Waals surface area contributed by atoms with Crippen molar-refractivity contribution in [1.82, 2.24) is 15.5 Å². The van der Waals surface area contributed by atoms with E-state index in [1.807, 2.05) is 14.0 Å². The van der Waals surface area contributed by atoms with Crippen LogP contribution in [0.4, 0.5) is 0 Å². The highest BCUT2D eigenvalue weighted by Crippen LogP contribution is 2.24. The van der Waals surface area contributed by atoms with E-state index >= 15 is 0 Å². The number of aromatic nitrogens is 2. The lowest BCUT2D eigenvalue weighted by atomic mass is 10.0. The molecular weight excluding hydrogens is 210 g/mol. The number of ether oxygens (including phenoxy) is 2. The quantitative estimate of drug-likeness (QED) is 0.780. The van der Waals surface area contributed by atoms with Crippen molar-refractivity contribution in [3.05, 3.63) is 11.7 Å². The minimum Gasteiger partial charge on any atom is -0.379 e. The standard InChI is InChI=1S/C10H17N3O3/c1-3-14-6-9-12-10(16-13-9)7-4-15-5-8(7)11-2/h7-8,11H,3-6H2,1-2H3. The summed E-state index contributed by atoms with van der Waals surface area (Å²) in [6, 6.07) is 0.250. The van der Waals surface area contributed by atoms with Gasteiger partial charge in [-0.1, -0.05) is 5.16 Å². The first kappa shape index (κ1) is 11.5. The fourth-order valence-electron chi connectivity index (χ4n) is 1.75. The van der Waals surface area contributed by atoms with Crippen LogP contribution in [0.25, 0.3) is 0 Å². The van der Waals surface area contributed by atoms with Crippen LogP contribution in [0.2, 0.25) is 0 Å². The smallest absolute Gasteiger partial charge is 0.233 e. The van der Waals surface area contributed by atoms with Crippen LogP contribution in [0.5, 0.6) is 0 Å². The Labute approximate surface area is 94.3 Å². The molecule has 90 valence electrons. The van der Waals surface area contributed by atoms with Gasteiger partial charge in [-0.05, 0) is 14.0 Å². The number of nitrogens with zero attached hydrogens (tertiary/aromatic N) is 2. The van der Waals surface area contributed by atoms with Gasteiger partial charge in [0.1, 0.15) is 6.61 Å². The molecule has 1 fully saturated rings. The predicted octanol–water partition coefficient (Wildman–Crippen LogP) is 0.308. The molecule has 1 aromatic rings. The van der Waals surface area contributed by atoms with E-state index in [0.29, 0.717) is 38.1 Å². The molecule has 1 aliphatic rings. The Morgan fingerprint density at radius 2 is 2.38 bits per heavy atom. The SMILES string of the molecule is CCOCc1noc(C2COCC2NC)n1. The summed E-state index contributed by atoms with van der Waals surface area (Å²) in [6.45, 7) is 4.29. The molecule has 0 aliphatic carbocycles. The van der Waals surface area contributed by atoms with Gasteiger partial charge >= 0.3 is 0 Å². The Balaban J connectivity index is 2.00. The van der Waals surface area contributed by atoms with E-state index in [1.54, 1.807) is 0 Å². The average Bonchev–Trinajstić information content (AvgIpc) is 2.94. The maximum Gasteiger partial charge on any atom is 0.233 e. The third-order valence-corrected chi connectivity index (χ3v) is 2.69. The minimum atomic E-state index is 0.146. The second-order valence-corrected chi connectivity index (χ2v) is 3.73. The van der Waals surface area contributed by atoms with Gasteiger partial charge < -0.3 is 19.3 Å². The first-order valence-electron chi connectivity index (χ1n) is 5.50. The van der Waals surface area contributed by atoms with Crippen molar-refractivity contribution in [2.45, 2.75) is 25.5 Å². The maximum absolute atomic E-state index is 5.38. The predicted molar refractivity (Wildman–Crippen MR) is 56.0 cm³/mol. The summed E-state index contributed by atoms with van der Waals surface area (Å²) in [6.07, 6.45) is 0. The van der Waals surface area contributed by atoms with Crippen LogP contribution in [-0.2, 0) is 16.1 Å². The highest BCUT2D eigenvalue weighted by molar-refractivity contribution is 5.01. The van der Waals surface area contributed by atoms with Gasteiger partial charge in [0, 0.05) is 12.6 Å². The second-order valence-electron chi connectivity index (χ2n) is 3.73. The van der Waals surface area contributed by atoms with Gasteiger partial charge in [-0.15, -0.1) is 0 Å². The highest BCUT2D eigenvalue weighted by Gasteiger charge is 2.32. The molecule has 0 saturated carbocycles. The molecule has 2 unspecified atom stereocenters. The summed E-state index contributed by atoms with van der Waals surface area (Å²) in [7, 11) is 1.91. The molecule has 0 amide bonds. The van der Waals surface area contributed by atoms with Crippen molar-refractivity contribution < 1.29 is 14.0 Å². The lowest BCUT2D eigenvalue weighted by molar-refractivity contribution is 0.126. The molecule has 6 nitrogen and oxygen atoms in total. The van der Waals surface area contributed by atoms with Crippen LogP contribution in [0.1, 0.15) is 24.6 Å². The number of nitrogens with one attached hydrogen (secondary N) is 1. The van der Waals surface area contributed by atoms with E-state index in [9.17, 15) is 0 Å². The normalized spacial score (nSPS) is 25.1. The van der Waals surface area contributed by atoms with Gasteiger partial charge in [-0.2, -0.15) is 4.98 Å². The number of likely N-dealkylation sites (N-methyl/N-ethyl adjacent to an activating group) is 1. The molecule has 0 bridgehead atoms. The Morgan fingerprint density at radius 1 is 1.50 bits per heavy atom. The maximum atomic E-state index is 5.38. The molecule has 2 atom stereocenters. The zero-order chi connectivity index (χ0) is 11.4. The fourth-order valence-corrected chi connectivity index (χ4v) is 1.75. The van der Waals surface area contributed by atoms with Gasteiger partial charge in [-0.25, -0.2) is 0 Å². The summed E-state index contributed by atoms with van der Waals surface area (Å²) >= 11 is 0. The molecule has 1 aromatic heterocycles. The lowest BCUT2D eigenvalue weighted by Crippen LogP contribution is -2.31. The molecule has 0 radical (unpaired) electrons. The van der Waals surface area contributed by atoms with Crippen molar-refractivity contribution >= 4 is 0 Å². The largest absolute Gasteiger partial charge is 0.379 e. The van der Waals surface area contributed by atoms with Gasteiger partial charge in [0.15, 0.2) is 5.82 Å². The van der Waals surface area contributed by atoms with Crippen LogP contribution >= 0.6 is 0 Å². The van der Waals surface area contributed by atoms with E-state index in [2.05, 4.69) is 15.5 Å². The van der Waals surface area contributed by atoms with Crippen molar-refractivity contribution in [2.75, 3.05) is 26.9 Å². The van der Waals surface area contributed by atoms with Crippen molar-refractivity contribution in [3.8, 4) is 0 Å².